The van der Waals surface area contributed by atoms with E-state index in [1.165, 1.54) is 23.1 Å². The first-order valence-corrected chi connectivity index (χ1v) is 15.0. The fourth-order valence-corrected chi connectivity index (χ4v) is 5.85. The first-order chi connectivity index (χ1) is 18.7. The second-order valence-electron chi connectivity index (χ2n) is 11.0. The molecule has 9 heteroatoms. The first-order valence-electron chi connectivity index (χ1n) is 13.2. The van der Waals surface area contributed by atoms with Crippen LogP contribution in [0.15, 0.2) is 77.7 Å². The number of aryl methyl sites for hydroxylation is 2. The SMILES string of the molecule is CC[C@@H](C(=O)NC(C)(C)C)N(Cc1ccc(C)cc1)C(=O)CN(c1cccc(Cl)c1)S(=O)(=O)c1ccc(C)cc1. The van der Waals surface area contributed by atoms with E-state index in [1.807, 2.05) is 65.8 Å². The van der Waals surface area contributed by atoms with Gasteiger partial charge >= 0.3 is 0 Å². The molecule has 7 nitrogen and oxygen atoms in total. The molecule has 0 radical (unpaired) electrons. The number of nitrogens with zero attached hydrogens (tertiary/aromatic N) is 2. The Morgan fingerprint density at radius 3 is 2.02 bits per heavy atom. The number of hydrogen-bond donors (Lipinski definition) is 1. The second-order valence-corrected chi connectivity index (χ2v) is 13.3. The van der Waals surface area contributed by atoms with Crippen molar-refractivity contribution in [3.8, 4) is 0 Å². The third kappa shape index (κ3) is 8.08. The van der Waals surface area contributed by atoms with E-state index in [4.69, 9.17) is 11.6 Å². The van der Waals surface area contributed by atoms with Crippen molar-refractivity contribution in [2.75, 3.05) is 10.8 Å². The van der Waals surface area contributed by atoms with Crippen molar-refractivity contribution in [1.29, 1.82) is 0 Å². The molecule has 0 aliphatic rings. The van der Waals surface area contributed by atoms with E-state index in [9.17, 15) is 18.0 Å². The van der Waals surface area contributed by atoms with E-state index in [1.54, 1.807) is 30.3 Å². The summed E-state index contributed by atoms with van der Waals surface area (Å²) >= 11 is 6.23. The summed E-state index contributed by atoms with van der Waals surface area (Å²) in [6.07, 6.45) is 0.349. The molecule has 0 bridgehead atoms. The van der Waals surface area contributed by atoms with E-state index < -0.39 is 34.1 Å². The zero-order chi connectivity index (χ0) is 29.7. The van der Waals surface area contributed by atoms with Gasteiger partial charge in [0.05, 0.1) is 10.6 Å². The summed E-state index contributed by atoms with van der Waals surface area (Å²) in [4.78, 5) is 29.0. The van der Waals surface area contributed by atoms with Gasteiger partial charge in [-0.15, -0.1) is 0 Å². The van der Waals surface area contributed by atoms with Crippen LogP contribution in [0, 0.1) is 13.8 Å². The lowest BCUT2D eigenvalue weighted by molar-refractivity contribution is -0.141. The molecule has 0 aromatic heterocycles. The van der Waals surface area contributed by atoms with Gasteiger partial charge in [-0.05, 0) is 76.9 Å². The Balaban J connectivity index is 2.07. The summed E-state index contributed by atoms with van der Waals surface area (Å²) in [7, 11) is -4.15. The minimum atomic E-state index is -4.15. The maximum atomic E-state index is 14.1. The Kier molecular flexibility index (Phi) is 10.0. The minimum absolute atomic E-state index is 0.0495. The molecule has 3 aromatic carbocycles. The Bertz CT molecular complexity index is 1430. The zero-order valence-corrected chi connectivity index (χ0v) is 25.5. The van der Waals surface area contributed by atoms with Gasteiger partial charge < -0.3 is 10.2 Å². The summed E-state index contributed by atoms with van der Waals surface area (Å²) in [5.41, 5.74) is 2.55. The molecule has 0 spiro atoms. The van der Waals surface area contributed by atoms with Crippen molar-refractivity contribution >= 4 is 39.1 Å². The van der Waals surface area contributed by atoms with Crippen LogP contribution in [0.25, 0.3) is 0 Å². The molecule has 0 aliphatic carbocycles. The monoisotopic (exact) mass is 583 g/mol. The van der Waals surface area contributed by atoms with Gasteiger partial charge in [-0.25, -0.2) is 8.42 Å². The normalized spacial score (nSPS) is 12.5. The van der Waals surface area contributed by atoms with Gasteiger partial charge in [0.25, 0.3) is 10.0 Å². The van der Waals surface area contributed by atoms with Gasteiger partial charge in [0.15, 0.2) is 0 Å². The van der Waals surface area contributed by atoms with Crippen LogP contribution < -0.4 is 9.62 Å². The molecule has 0 fully saturated rings. The summed E-state index contributed by atoms with van der Waals surface area (Å²) in [5, 5.41) is 3.31. The Labute approximate surface area is 243 Å². The number of amides is 2. The van der Waals surface area contributed by atoms with Crippen molar-refractivity contribution in [2.24, 2.45) is 0 Å². The largest absolute Gasteiger partial charge is 0.350 e. The van der Waals surface area contributed by atoms with Crippen LogP contribution in [0.1, 0.15) is 50.8 Å². The number of anilines is 1. The lowest BCUT2D eigenvalue weighted by Crippen LogP contribution is -2.55. The topological polar surface area (TPSA) is 86.8 Å². The molecule has 3 rings (SSSR count). The van der Waals surface area contributed by atoms with E-state index in [0.29, 0.717) is 11.4 Å². The molecule has 1 atom stereocenters. The molecule has 2 amide bonds. The Morgan fingerprint density at radius 1 is 0.925 bits per heavy atom. The molecule has 1 N–H and O–H groups in total. The standard InChI is InChI=1S/C31H38ClN3O4S/c1-7-28(30(37)33-31(4,5)6)34(20-24-15-11-22(2)12-16-24)29(36)21-35(26-10-8-9-25(32)19-26)40(38,39)27-17-13-23(3)14-18-27/h8-19,28H,7,20-21H2,1-6H3,(H,33,37)/t28-/m0/s1. The highest BCUT2D eigenvalue weighted by molar-refractivity contribution is 7.92. The van der Waals surface area contributed by atoms with Crippen LogP contribution in [0.3, 0.4) is 0 Å². The number of carbonyl (C=O) groups excluding carboxylic acids is 2. The third-order valence-electron chi connectivity index (χ3n) is 6.34. The van der Waals surface area contributed by atoms with Crippen LogP contribution in [0.4, 0.5) is 5.69 Å². The number of sulfonamides is 1. The first kappa shape index (κ1) is 31.2. The molecule has 0 aliphatic heterocycles. The third-order valence-corrected chi connectivity index (χ3v) is 8.36. The second kappa shape index (κ2) is 12.9. The lowest BCUT2D eigenvalue weighted by Gasteiger charge is -2.34. The van der Waals surface area contributed by atoms with Gasteiger partial charge in [-0.3, -0.25) is 13.9 Å². The molecule has 3 aromatic rings. The van der Waals surface area contributed by atoms with Crippen LogP contribution in [-0.2, 0) is 26.2 Å². The van der Waals surface area contributed by atoms with Crippen LogP contribution in [-0.4, -0.2) is 43.3 Å². The predicted molar refractivity (Wildman–Crippen MR) is 161 cm³/mol. The Hall–Kier alpha value is -3.36. The minimum Gasteiger partial charge on any atom is -0.350 e. The summed E-state index contributed by atoms with van der Waals surface area (Å²) in [6.45, 7) is 10.9. The van der Waals surface area contributed by atoms with Crippen molar-refractivity contribution in [1.82, 2.24) is 10.2 Å². The number of rotatable bonds is 10. The van der Waals surface area contributed by atoms with Crippen LogP contribution >= 0.6 is 11.6 Å². The fraction of sp³-hybridized carbons (Fsp3) is 0.355. The summed E-state index contributed by atoms with van der Waals surface area (Å²) < 4.78 is 28.9. The molecule has 0 saturated heterocycles. The van der Waals surface area contributed by atoms with Crippen LogP contribution in [0.5, 0.6) is 0 Å². The smallest absolute Gasteiger partial charge is 0.264 e. The van der Waals surface area contributed by atoms with Gasteiger partial charge in [-0.1, -0.05) is 72.1 Å². The van der Waals surface area contributed by atoms with E-state index >= 15 is 0 Å². The summed E-state index contributed by atoms with van der Waals surface area (Å²) in [5.74, 6) is -0.807. The number of halogens is 1. The number of hydrogen-bond acceptors (Lipinski definition) is 4. The van der Waals surface area contributed by atoms with E-state index in [2.05, 4.69) is 5.32 Å². The average molecular weight is 584 g/mol. The quantitative estimate of drug-likeness (QED) is 0.323. The molecule has 40 heavy (non-hydrogen) atoms. The van der Waals surface area contributed by atoms with Crippen molar-refractivity contribution in [3.63, 3.8) is 0 Å². The van der Waals surface area contributed by atoms with Crippen molar-refractivity contribution < 1.29 is 18.0 Å². The predicted octanol–water partition coefficient (Wildman–Crippen LogP) is 5.87. The van der Waals surface area contributed by atoms with E-state index in [-0.39, 0.29) is 23.0 Å². The summed E-state index contributed by atoms with van der Waals surface area (Å²) in [6, 6.07) is 19.7. The number of nitrogens with one attached hydrogen (secondary N) is 1. The highest BCUT2D eigenvalue weighted by Gasteiger charge is 2.34. The van der Waals surface area contributed by atoms with Crippen molar-refractivity contribution in [3.05, 3.63) is 94.5 Å². The highest BCUT2D eigenvalue weighted by atomic mass is 35.5. The molecule has 0 heterocycles. The van der Waals surface area contributed by atoms with Gasteiger partial charge in [0.1, 0.15) is 12.6 Å². The van der Waals surface area contributed by atoms with Crippen LogP contribution in [0.2, 0.25) is 5.02 Å². The average Bonchev–Trinajstić information content (AvgIpc) is 2.87. The van der Waals surface area contributed by atoms with E-state index in [0.717, 1.165) is 21.0 Å². The highest BCUT2D eigenvalue weighted by Crippen LogP contribution is 2.27. The van der Waals surface area contributed by atoms with Gasteiger partial charge in [-0.2, -0.15) is 0 Å². The maximum Gasteiger partial charge on any atom is 0.264 e. The fourth-order valence-electron chi connectivity index (χ4n) is 4.26. The number of carbonyl (C=O) groups is 2. The van der Waals surface area contributed by atoms with Crippen molar-refractivity contribution in [2.45, 2.75) is 71.0 Å². The molecule has 0 unspecified atom stereocenters. The van der Waals surface area contributed by atoms with Gasteiger partial charge in [0, 0.05) is 17.1 Å². The molecular weight excluding hydrogens is 546 g/mol. The Morgan fingerprint density at radius 2 is 1.50 bits per heavy atom. The molecule has 0 saturated carbocycles. The van der Waals surface area contributed by atoms with Gasteiger partial charge in [0.2, 0.25) is 11.8 Å². The zero-order valence-electron chi connectivity index (χ0n) is 23.9. The number of benzene rings is 3. The lowest BCUT2D eigenvalue weighted by atomic mass is 10.1. The maximum absolute atomic E-state index is 14.1. The molecular formula is C31H38ClN3O4S. The molecule has 214 valence electrons.